The fourth-order valence-corrected chi connectivity index (χ4v) is 5.77. The Labute approximate surface area is 163 Å². The highest BCUT2D eigenvalue weighted by Crippen LogP contribution is 2.32. The largest absolute Gasteiger partial charge is 0.373 e. The molecule has 2 saturated heterocycles. The smallest absolute Gasteiger partial charge is 0.214 e. The summed E-state index contributed by atoms with van der Waals surface area (Å²) in [6.07, 6.45) is 5.24. The third-order valence-corrected chi connectivity index (χ3v) is 7.49. The summed E-state index contributed by atoms with van der Waals surface area (Å²) < 4.78 is 35.4. The van der Waals surface area contributed by atoms with Crippen LogP contribution in [0.1, 0.15) is 31.4 Å². The standard InChI is InChI=1S/C18H33N5O3S/c1-4-12-27(24,25)23-10-11-26-17(18(23)16-13-19-21(3)14-16)15-22-7-5-6-20(2)8-9-22/h13-14,17-18H,4-12,15H2,1-3H3/t17-,18-/m0/s1. The van der Waals surface area contributed by atoms with Crippen LogP contribution in [0.3, 0.4) is 0 Å². The van der Waals surface area contributed by atoms with Crippen molar-refractivity contribution < 1.29 is 13.2 Å². The number of morpholine rings is 1. The van der Waals surface area contributed by atoms with Crippen molar-refractivity contribution in [2.24, 2.45) is 7.05 Å². The van der Waals surface area contributed by atoms with Crippen molar-refractivity contribution >= 4 is 10.0 Å². The molecule has 9 heteroatoms. The summed E-state index contributed by atoms with van der Waals surface area (Å²) in [5.41, 5.74) is 0.911. The number of ether oxygens (including phenoxy) is 1. The lowest BCUT2D eigenvalue weighted by Crippen LogP contribution is -2.52. The summed E-state index contributed by atoms with van der Waals surface area (Å²) in [6.45, 7) is 7.63. The molecule has 1 aromatic rings. The molecule has 2 aliphatic heterocycles. The Morgan fingerprint density at radius 3 is 2.70 bits per heavy atom. The van der Waals surface area contributed by atoms with E-state index in [1.54, 1.807) is 15.2 Å². The summed E-state index contributed by atoms with van der Waals surface area (Å²) in [6, 6.07) is -0.315. The number of likely N-dealkylation sites (N-methyl/N-ethyl adjacent to an activating group) is 1. The van der Waals surface area contributed by atoms with Crippen molar-refractivity contribution in [2.45, 2.75) is 31.9 Å². The average molecular weight is 400 g/mol. The lowest BCUT2D eigenvalue weighted by molar-refractivity contribution is -0.0562. The first kappa shape index (κ1) is 20.7. The molecular weight excluding hydrogens is 366 g/mol. The highest BCUT2D eigenvalue weighted by molar-refractivity contribution is 7.89. The molecule has 27 heavy (non-hydrogen) atoms. The van der Waals surface area contributed by atoms with Crippen molar-refractivity contribution in [2.75, 3.05) is 58.7 Å². The number of hydrogen-bond donors (Lipinski definition) is 0. The summed E-state index contributed by atoms with van der Waals surface area (Å²) in [5.74, 6) is 0.172. The van der Waals surface area contributed by atoms with Gasteiger partial charge >= 0.3 is 0 Å². The van der Waals surface area contributed by atoms with E-state index in [4.69, 9.17) is 4.74 Å². The van der Waals surface area contributed by atoms with E-state index in [1.807, 2.05) is 20.2 Å². The van der Waals surface area contributed by atoms with Gasteiger partial charge in [-0.2, -0.15) is 9.40 Å². The molecule has 0 bridgehead atoms. The first-order valence-electron chi connectivity index (χ1n) is 9.91. The molecule has 1 aromatic heterocycles. The molecule has 154 valence electrons. The van der Waals surface area contributed by atoms with Crippen LogP contribution in [0.5, 0.6) is 0 Å². The lowest BCUT2D eigenvalue weighted by Gasteiger charge is -2.41. The number of hydrogen-bond acceptors (Lipinski definition) is 6. The van der Waals surface area contributed by atoms with Gasteiger partial charge in [0, 0.05) is 45.0 Å². The summed E-state index contributed by atoms with van der Waals surface area (Å²) in [5, 5.41) is 4.28. The van der Waals surface area contributed by atoms with Crippen LogP contribution in [0.25, 0.3) is 0 Å². The minimum Gasteiger partial charge on any atom is -0.373 e. The maximum Gasteiger partial charge on any atom is 0.214 e. The molecule has 0 amide bonds. The quantitative estimate of drug-likeness (QED) is 0.695. The van der Waals surface area contributed by atoms with E-state index in [1.165, 1.54) is 0 Å². The predicted octanol–water partition coefficient (Wildman–Crippen LogP) is 0.539. The van der Waals surface area contributed by atoms with Gasteiger partial charge in [-0.25, -0.2) is 8.42 Å². The van der Waals surface area contributed by atoms with Crippen molar-refractivity contribution in [1.82, 2.24) is 23.9 Å². The maximum atomic E-state index is 12.9. The Bertz CT molecular complexity index is 708. The Morgan fingerprint density at radius 2 is 2.00 bits per heavy atom. The zero-order chi connectivity index (χ0) is 19.4. The molecule has 0 N–H and O–H groups in total. The molecular formula is C18H33N5O3S. The number of aryl methyl sites for hydroxylation is 1. The fraction of sp³-hybridized carbons (Fsp3) is 0.833. The van der Waals surface area contributed by atoms with E-state index in [0.717, 1.165) is 44.7 Å². The third kappa shape index (κ3) is 5.08. The van der Waals surface area contributed by atoms with E-state index in [-0.39, 0.29) is 17.9 Å². The van der Waals surface area contributed by atoms with Crippen LogP contribution in [-0.4, -0.2) is 97.1 Å². The first-order valence-corrected chi connectivity index (χ1v) is 11.5. The van der Waals surface area contributed by atoms with Crippen molar-refractivity contribution in [3.8, 4) is 0 Å². The second-order valence-corrected chi connectivity index (χ2v) is 9.73. The van der Waals surface area contributed by atoms with E-state index in [0.29, 0.717) is 19.6 Å². The third-order valence-electron chi connectivity index (χ3n) is 5.44. The van der Waals surface area contributed by atoms with Gasteiger partial charge in [0.05, 0.1) is 30.7 Å². The molecule has 2 atom stereocenters. The molecule has 0 unspecified atom stereocenters. The van der Waals surface area contributed by atoms with Gasteiger partial charge in [-0.15, -0.1) is 0 Å². The SMILES string of the molecule is CCCS(=O)(=O)N1CCO[C@@H](CN2CCCN(C)CC2)[C@@H]1c1cnn(C)c1. The van der Waals surface area contributed by atoms with Crippen molar-refractivity contribution in [3.63, 3.8) is 0 Å². The van der Waals surface area contributed by atoms with Gasteiger partial charge in [0.15, 0.2) is 0 Å². The molecule has 0 aromatic carbocycles. The van der Waals surface area contributed by atoms with E-state index >= 15 is 0 Å². The first-order chi connectivity index (χ1) is 12.9. The molecule has 2 fully saturated rings. The highest BCUT2D eigenvalue weighted by atomic mass is 32.2. The van der Waals surface area contributed by atoms with Gasteiger partial charge in [0.1, 0.15) is 0 Å². The summed E-state index contributed by atoms with van der Waals surface area (Å²) in [7, 11) is 0.688. The van der Waals surface area contributed by atoms with Crippen LogP contribution in [0.4, 0.5) is 0 Å². The Kier molecular flexibility index (Phi) is 6.91. The van der Waals surface area contributed by atoms with Crippen LogP contribution >= 0.6 is 0 Å². The van der Waals surface area contributed by atoms with Gasteiger partial charge in [-0.3, -0.25) is 9.58 Å². The fourth-order valence-electron chi connectivity index (χ4n) is 4.06. The zero-order valence-corrected chi connectivity index (χ0v) is 17.6. The number of aromatic nitrogens is 2. The number of sulfonamides is 1. The van der Waals surface area contributed by atoms with Crippen LogP contribution in [-0.2, 0) is 21.8 Å². The Hall–Kier alpha value is -1.00. The summed E-state index contributed by atoms with van der Waals surface area (Å²) in [4.78, 5) is 4.76. The highest BCUT2D eigenvalue weighted by Gasteiger charge is 2.41. The maximum absolute atomic E-state index is 12.9. The summed E-state index contributed by atoms with van der Waals surface area (Å²) >= 11 is 0. The van der Waals surface area contributed by atoms with Crippen molar-refractivity contribution in [1.29, 1.82) is 0 Å². The Morgan fingerprint density at radius 1 is 1.19 bits per heavy atom. The second-order valence-electron chi connectivity index (χ2n) is 7.69. The van der Waals surface area contributed by atoms with E-state index in [9.17, 15) is 8.42 Å². The van der Waals surface area contributed by atoms with Gasteiger partial charge in [0.25, 0.3) is 0 Å². The average Bonchev–Trinajstić information content (AvgIpc) is 2.94. The van der Waals surface area contributed by atoms with E-state index in [2.05, 4.69) is 21.9 Å². The minimum atomic E-state index is -3.32. The molecule has 0 aliphatic carbocycles. The number of nitrogens with zero attached hydrogens (tertiary/aromatic N) is 5. The molecule has 2 aliphatic rings. The van der Waals surface area contributed by atoms with Crippen molar-refractivity contribution in [3.05, 3.63) is 18.0 Å². The van der Waals surface area contributed by atoms with Crippen LogP contribution in [0.2, 0.25) is 0 Å². The normalized spacial score (nSPS) is 26.9. The van der Waals surface area contributed by atoms with E-state index < -0.39 is 10.0 Å². The molecule has 3 rings (SSSR count). The second kappa shape index (κ2) is 9.00. The Balaban J connectivity index is 1.84. The van der Waals surface area contributed by atoms with Crippen LogP contribution in [0, 0.1) is 0 Å². The topological polar surface area (TPSA) is 70.9 Å². The number of rotatable bonds is 6. The van der Waals surface area contributed by atoms with Crippen LogP contribution < -0.4 is 0 Å². The molecule has 0 spiro atoms. The molecule has 3 heterocycles. The lowest BCUT2D eigenvalue weighted by atomic mass is 10.0. The van der Waals surface area contributed by atoms with Crippen LogP contribution in [0.15, 0.2) is 12.4 Å². The molecule has 0 saturated carbocycles. The van der Waals surface area contributed by atoms with Gasteiger partial charge in [-0.05, 0) is 33.0 Å². The van der Waals surface area contributed by atoms with Gasteiger partial charge < -0.3 is 9.64 Å². The monoisotopic (exact) mass is 399 g/mol. The van der Waals surface area contributed by atoms with Gasteiger partial charge in [0.2, 0.25) is 10.0 Å². The molecule has 8 nitrogen and oxygen atoms in total. The molecule has 0 radical (unpaired) electrons. The zero-order valence-electron chi connectivity index (χ0n) is 16.7. The van der Waals surface area contributed by atoms with Gasteiger partial charge in [-0.1, -0.05) is 6.92 Å². The minimum absolute atomic E-state index is 0.172. The predicted molar refractivity (Wildman–Crippen MR) is 105 cm³/mol.